The van der Waals surface area contributed by atoms with Crippen molar-refractivity contribution in [1.29, 1.82) is 5.26 Å². The average molecular weight is 426 g/mol. The van der Waals surface area contributed by atoms with Crippen LogP contribution < -0.4 is 5.32 Å². The molecule has 0 unspecified atom stereocenters. The van der Waals surface area contributed by atoms with Gasteiger partial charge in [0.1, 0.15) is 11.9 Å². The summed E-state index contributed by atoms with van der Waals surface area (Å²) in [5.74, 6) is -0.647. The van der Waals surface area contributed by atoms with E-state index in [0.29, 0.717) is 11.4 Å². The molecule has 0 bridgehead atoms. The van der Waals surface area contributed by atoms with Gasteiger partial charge in [-0.15, -0.1) is 0 Å². The van der Waals surface area contributed by atoms with Crippen molar-refractivity contribution in [1.82, 2.24) is 9.55 Å². The van der Waals surface area contributed by atoms with Gasteiger partial charge in [-0.2, -0.15) is 5.26 Å². The van der Waals surface area contributed by atoms with Gasteiger partial charge < -0.3 is 15.0 Å². The van der Waals surface area contributed by atoms with Gasteiger partial charge in [-0.05, 0) is 43.2 Å². The molecule has 0 saturated carbocycles. The van der Waals surface area contributed by atoms with Crippen LogP contribution in [0.5, 0.6) is 0 Å². The highest BCUT2D eigenvalue weighted by molar-refractivity contribution is 5.94. The van der Waals surface area contributed by atoms with Crippen LogP contribution in [0.3, 0.4) is 0 Å². The number of ether oxygens (including phenoxy) is 1. The van der Waals surface area contributed by atoms with E-state index in [1.807, 2.05) is 73.0 Å². The number of fused-ring (bicyclic) bond motifs is 1. The second-order valence-corrected chi connectivity index (χ2v) is 7.46. The summed E-state index contributed by atoms with van der Waals surface area (Å²) in [6, 6.07) is 19.3. The van der Waals surface area contributed by atoms with Crippen LogP contribution in [0.2, 0.25) is 0 Å². The van der Waals surface area contributed by atoms with E-state index in [0.717, 1.165) is 33.4 Å². The van der Waals surface area contributed by atoms with Crippen LogP contribution in [0.1, 0.15) is 22.4 Å². The number of aromatic amines is 1. The monoisotopic (exact) mass is 426 g/mol. The molecule has 32 heavy (non-hydrogen) atoms. The first-order valence-corrected chi connectivity index (χ1v) is 10.2. The highest BCUT2D eigenvalue weighted by atomic mass is 16.5. The molecule has 0 fully saturated rings. The first-order valence-electron chi connectivity index (χ1n) is 10.2. The van der Waals surface area contributed by atoms with Crippen molar-refractivity contribution < 1.29 is 14.3 Å². The molecule has 2 N–H and O–H groups in total. The number of H-pyrrole nitrogens is 1. The molecule has 0 aliphatic rings. The van der Waals surface area contributed by atoms with Gasteiger partial charge in [0.2, 0.25) is 0 Å². The van der Waals surface area contributed by atoms with Crippen molar-refractivity contribution in [2.24, 2.45) is 0 Å². The molecule has 1 amide bonds. The van der Waals surface area contributed by atoms with Gasteiger partial charge in [0, 0.05) is 28.5 Å². The van der Waals surface area contributed by atoms with Crippen LogP contribution in [0.15, 0.2) is 60.8 Å². The zero-order chi connectivity index (χ0) is 22.7. The van der Waals surface area contributed by atoms with Crippen LogP contribution in [0.25, 0.3) is 16.6 Å². The van der Waals surface area contributed by atoms with E-state index >= 15 is 0 Å². The highest BCUT2D eigenvalue weighted by Gasteiger charge is 2.21. The third kappa shape index (κ3) is 3.98. The number of benzene rings is 2. The van der Waals surface area contributed by atoms with Crippen molar-refractivity contribution in [3.8, 4) is 11.8 Å². The maximum Gasteiger partial charge on any atom is 0.310 e. The van der Waals surface area contributed by atoms with Crippen molar-refractivity contribution in [2.45, 2.75) is 20.3 Å². The molecule has 7 heteroatoms. The Hall–Kier alpha value is -4.31. The molecular weight excluding hydrogens is 404 g/mol. The van der Waals surface area contributed by atoms with E-state index in [4.69, 9.17) is 4.74 Å². The predicted molar refractivity (Wildman–Crippen MR) is 122 cm³/mol. The summed E-state index contributed by atoms with van der Waals surface area (Å²) in [5, 5.41) is 13.3. The minimum absolute atomic E-state index is 0.0549. The van der Waals surface area contributed by atoms with Crippen molar-refractivity contribution in [3.63, 3.8) is 0 Å². The second kappa shape index (κ2) is 8.82. The van der Waals surface area contributed by atoms with Crippen LogP contribution in [0, 0.1) is 25.2 Å². The second-order valence-electron chi connectivity index (χ2n) is 7.46. The van der Waals surface area contributed by atoms with Crippen molar-refractivity contribution >= 4 is 28.6 Å². The molecule has 0 aliphatic heterocycles. The third-order valence-corrected chi connectivity index (χ3v) is 5.47. The maximum absolute atomic E-state index is 12.6. The molecule has 4 rings (SSSR count). The zero-order valence-electron chi connectivity index (χ0n) is 17.8. The van der Waals surface area contributed by atoms with Crippen LogP contribution in [-0.4, -0.2) is 28.0 Å². The average Bonchev–Trinajstić information content (AvgIpc) is 3.31. The van der Waals surface area contributed by atoms with E-state index < -0.39 is 18.5 Å². The van der Waals surface area contributed by atoms with E-state index in [9.17, 15) is 14.9 Å². The largest absolute Gasteiger partial charge is 0.455 e. The molecule has 0 saturated heterocycles. The number of amides is 1. The summed E-state index contributed by atoms with van der Waals surface area (Å²) >= 11 is 0. The lowest BCUT2D eigenvalue weighted by Crippen LogP contribution is -2.23. The van der Waals surface area contributed by atoms with E-state index in [-0.39, 0.29) is 6.42 Å². The Morgan fingerprint density at radius 2 is 1.81 bits per heavy atom. The van der Waals surface area contributed by atoms with Gasteiger partial charge in [-0.3, -0.25) is 14.2 Å². The molecular formula is C25H22N4O3. The predicted octanol–water partition coefficient (Wildman–Crippen LogP) is 4.17. The summed E-state index contributed by atoms with van der Waals surface area (Å²) in [6.07, 6.45) is 1.82. The van der Waals surface area contributed by atoms with Gasteiger partial charge >= 0.3 is 5.97 Å². The molecule has 7 nitrogen and oxygen atoms in total. The minimum Gasteiger partial charge on any atom is -0.455 e. The molecule has 2 aromatic carbocycles. The number of rotatable bonds is 6. The first kappa shape index (κ1) is 20.9. The fraction of sp³-hybridized carbons (Fsp3) is 0.160. The lowest BCUT2D eigenvalue weighted by molar-refractivity contribution is -0.146. The number of nitrogens with zero attached hydrogens (tertiary/aromatic N) is 2. The van der Waals surface area contributed by atoms with Crippen LogP contribution >= 0.6 is 0 Å². The number of nitriles is 1. The van der Waals surface area contributed by atoms with Gasteiger partial charge in [0.05, 0.1) is 12.0 Å². The molecule has 2 aromatic heterocycles. The number of aromatic nitrogens is 2. The Morgan fingerprint density at radius 1 is 1.09 bits per heavy atom. The number of esters is 1. The fourth-order valence-electron chi connectivity index (χ4n) is 3.76. The number of carbonyl (C=O) groups is 2. The summed E-state index contributed by atoms with van der Waals surface area (Å²) < 4.78 is 7.02. The molecule has 0 aliphatic carbocycles. The summed E-state index contributed by atoms with van der Waals surface area (Å²) in [6.45, 7) is 3.29. The number of nitrogens with one attached hydrogen (secondary N) is 2. The summed E-state index contributed by atoms with van der Waals surface area (Å²) in [7, 11) is 0. The van der Waals surface area contributed by atoms with E-state index in [1.54, 1.807) is 6.20 Å². The summed E-state index contributed by atoms with van der Waals surface area (Å²) in [4.78, 5) is 28.0. The number of carbonyl (C=O) groups excluding carboxylic acids is 2. The maximum atomic E-state index is 12.6. The fourth-order valence-corrected chi connectivity index (χ4v) is 3.76. The number of hydrogen-bond donors (Lipinski definition) is 2. The van der Waals surface area contributed by atoms with Gasteiger partial charge in [-0.1, -0.05) is 36.4 Å². The number of anilines is 1. The molecule has 0 spiro atoms. The first-order chi connectivity index (χ1) is 15.5. The topological polar surface area (TPSA) is 99.9 Å². The zero-order valence-corrected chi connectivity index (χ0v) is 17.8. The van der Waals surface area contributed by atoms with Crippen LogP contribution in [-0.2, 0) is 20.7 Å². The van der Waals surface area contributed by atoms with E-state index in [1.165, 1.54) is 0 Å². The molecule has 0 atom stereocenters. The normalized spacial score (nSPS) is 10.7. The Kier molecular flexibility index (Phi) is 5.77. The Balaban J connectivity index is 1.47. The summed E-state index contributed by atoms with van der Waals surface area (Å²) in [5.41, 5.74) is 4.57. The number of para-hydroxylation sites is 2. The Morgan fingerprint density at radius 3 is 2.56 bits per heavy atom. The molecule has 0 radical (unpaired) electrons. The van der Waals surface area contributed by atoms with Gasteiger partial charge in [0.25, 0.3) is 5.91 Å². The van der Waals surface area contributed by atoms with Gasteiger partial charge in [-0.25, -0.2) is 0 Å². The quantitative estimate of drug-likeness (QED) is 0.452. The standard InChI is InChI=1S/C25H22N4O3/c1-16-17(2)29(19-8-4-3-5-9-19)25(21(16)13-26)28-23(30)15-32-24(31)12-18-14-27-22-11-7-6-10-20(18)22/h3-11,14,27H,12,15H2,1-2H3,(H,28,30). The molecule has 2 heterocycles. The highest BCUT2D eigenvalue weighted by Crippen LogP contribution is 2.29. The van der Waals surface area contributed by atoms with Crippen molar-refractivity contribution in [3.05, 3.63) is 83.2 Å². The molecule has 4 aromatic rings. The minimum atomic E-state index is -0.511. The number of hydrogen-bond acceptors (Lipinski definition) is 4. The lowest BCUT2D eigenvalue weighted by atomic mass is 10.1. The lowest BCUT2D eigenvalue weighted by Gasteiger charge is -2.13. The molecule has 160 valence electrons. The van der Waals surface area contributed by atoms with Gasteiger partial charge in [0.15, 0.2) is 6.61 Å². The smallest absolute Gasteiger partial charge is 0.310 e. The van der Waals surface area contributed by atoms with E-state index in [2.05, 4.69) is 16.4 Å². The SMILES string of the molecule is Cc1c(C#N)c(NC(=O)COC(=O)Cc2c[nH]c3ccccc23)n(-c2ccccc2)c1C. The Labute approximate surface area is 185 Å². The van der Waals surface area contributed by atoms with Crippen LogP contribution in [0.4, 0.5) is 5.82 Å². The Bertz CT molecular complexity index is 1340. The third-order valence-electron chi connectivity index (χ3n) is 5.47. The van der Waals surface area contributed by atoms with Crippen molar-refractivity contribution in [2.75, 3.05) is 11.9 Å².